The van der Waals surface area contributed by atoms with Crippen molar-refractivity contribution in [2.24, 2.45) is 0 Å². The normalized spacial score (nSPS) is 22.6. The highest BCUT2D eigenvalue weighted by Gasteiger charge is 2.41. The van der Waals surface area contributed by atoms with Crippen molar-refractivity contribution >= 4 is 5.91 Å². The highest BCUT2D eigenvalue weighted by Crippen LogP contribution is 2.32. The largest absolute Gasteiger partial charge is 0.330 e. The minimum absolute atomic E-state index is 0.161. The first-order chi connectivity index (χ1) is 11.5. The van der Waals surface area contributed by atoms with Gasteiger partial charge in [0.15, 0.2) is 0 Å². The zero-order valence-corrected chi connectivity index (χ0v) is 14.6. The maximum atomic E-state index is 13.1. The van der Waals surface area contributed by atoms with E-state index in [2.05, 4.69) is 45.6 Å². The Morgan fingerprint density at radius 1 is 1.12 bits per heavy atom. The molecule has 2 aromatic rings. The predicted molar refractivity (Wildman–Crippen MR) is 92.0 cm³/mol. The van der Waals surface area contributed by atoms with E-state index in [9.17, 15) is 4.79 Å². The molecular weight excluding hydrogens is 300 g/mol. The lowest BCUT2D eigenvalue weighted by Gasteiger charge is -2.28. The van der Waals surface area contributed by atoms with Crippen molar-refractivity contribution in [1.82, 2.24) is 19.7 Å². The number of aromatic nitrogens is 3. The summed E-state index contributed by atoms with van der Waals surface area (Å²) in [5.74, 6) is 2.61. The van der Waals surface area contributed by atoms with E-state index in [4.69, 9.17) is 0 Å². The summed E-state index contributed by atoms with van der Waals surface area (Å²) in [4.78, 5) is 15.2. The molecule has 24 heavy (non-hydrogen) atoms. The molecule has 1 fully saturated rings. The monoisotopic (exact) mass is 324 g/mol. The maximum Gasteiger partial charge on any atom is 0.254 e. The van der Waals surface area contributed by atoms with Crippen LogP contribution in [0.25, 0.3) is 0 Å². The van der Waals surface area contributed by atoms with E-state index in [1.807, 2.05) is 19.1 Å². The molecule has 0 spiro atoms. The summed E-state index contributed by atoms with van der Waals surface area (Å²) in [6.07, 6.45) is 2.94. The predicted octanol–water partition coefficient (Wildman–Crippen LogP) is 2.94. The second-order valence-electron chi connectivity index (χ2n) is 7.35. The van der Waals surface area contributed by atoms with Gasteiger partial charge < -0.3 is 9.47 Å². The van der Waals surface area contributed by atoms with Crippen molar-refractivity contribution in [2.75, 3.05) is 0 Å². The zero-order valence-electron chi connectivity index (χ0n) is 14.6. The highest BCUT2D eigenvalue weighted by molar-refractivity contribution is 5.95. The third-order valence-corrected chi connectivity index (χ3v) is 5.50. The van der Waals surface area contributed by atoms with Crippen LogP contribution in [0.4, 0.5) is 0 Å². The Balaban J connectivity index is 1.61. The molecule has 4 rings (SSSR count). The Morgan fingerprint density at radius 2 is 1.83 bits per heavy atom. The number of carbonyl (C=O) groups is 1. The molecule has 1 aromatic carbocycles. The number of hydrogen-bond donors (Lipinski definition) is 0. The number of benzene rings is 1. The Hall–Kier alpha value is -2.17. The first-order valence-corrected chi connectivity index (χ1v) is 8.86. The first-order valence-electron chi connectivity index (χ1n) is 8.86. The van der Waals surface area contributed by atoms with Crippen LogP contribution in [0.1, 0.15) is 60.2 Å². The van der Waals surface area contributed by atoms with Crippen LogP contribution in [-0.4, -0.2) is 37.7 Å². The van der Waals surface area contributed by atoms with Crippen LogP contribution in [0.15, 0.2) is 24.3 Å². The van der Waals surface area contributed by atoms with Crippen molar-refractivity contribution in [2.45, 2.75) is 64.6 Å². The summed E-state index contributed by atoms with van der Waals surface area (Å²) in [6.45, 7) is 7.15. The van der Waals surface area contributed by atoms with Crippen LogP contribution in [-0.2, 0) is 13.0 Å². The van der Waals surface area contributed by atoms with Gasteiger partial charge in [-0.15, -0.1) is 10.2 Å². The van der Waals surface area contributed by atoms with E-state index in [1.54, 1.807) is 0 Å². The number of aryl methyl sites for hydroxylation is 1. The van der Waals surface area contributed by atoms with Gasteiger partial charge in [0.25, 0.3) is 5.91 Å². The fraction of sp³-hybridized carbons (Fsp3) is 0.526. The fourth-order valence-corrected chi connectivity index (χ4v) is 4.07. The Bertz CT molecular complexity index is 762. The number of amides is 1. The smallest absolute Gasteiger partial charge is 0.254 e. The van der Waals surface area contributed by atoms with Crippen molar-refractivity contribution in [3.05, 3.63) is 47.0 Å². The van der Waals surface area contributed by atoms with Gasteiger partial charge in [-0.25, -0.2) is 0 Å². The van der Waals surface area contributed by atoms with Crippen molar-refractivity contribution in [3.63, 3.8) is 0 Å². The van der Waals surface area contributed by atoms with E-state index < -0.39 is 0 Å². The minimum atomic E-state index is 0.161. The van der Waals surface area contributed by atoms with Crippen LogP contribution < -0.4 is 0 Å². The summed E-state index contributed by atoms with van der Waals surface area (Å²) in [5, 5.41) is 8.51. The molecule has 0 radical (unpaired) electrons. The topological polar surface area (TPSA) is 51.0 Å². The lowest BCUT2D eigenvalue weighted by Crippen LogP contribution is -2.42. The summed E-state index contributed by atoms with van der Waals surface area (Å²) < 4.78 is 2.19. The number of hydrogen-bond acceptors (Lipinski definition) is 3. The molecule has 0 N–H and O–H groups in total. The van der Waals surface area contributed by atoms with Gasteiger partial charge in [0.2, 0.25) is 0 Å². The SMILES string of the molecule is Cc1nnc2n1CC1CCC(C2)N1C(=O)c1ccc(C(C)C)cc1. The Kier molecular flexibility index (Phi) is 3.66. The quantitative estimate of drug-likeness (QED) is 0.853. The average molecular weight is 324 g/mol. The average Bonchev–Trinajstić information content (AvgIpc) is 3.06. The molecule has 2 bridgehead atoms. The van der Waals surface area contributed by atoms with Crippen LogP contribution in [0, 0.1) is 6.92 Å². The molecule has 5 heteroatoms. The third kappa shape index (κ3) is 2.43. The van der Waals surface area contributed by atoms with Gasteiger partial charge in [-0.1, -0.05) is 26.0 Å². The highest BCUT2D eigenvalue weighted by atomic mass is 16.2. The molecule has 2 unspecified atom stereocenters. The molecular formula is C19H24N4O. The molecule has 1 amide bonds. The van der Waals surface area contributed by atoms with Crippen LogP contribution >= 0.6 is 0 Å². The standard InChI is InChI=1S/C19H24N4O/c1-12(2)14-4-6-15(7-5-14)19(24)23-16-8-9-17(23)11-22-13(3)20-21-18(22)10-16/h4-7,12,16-17H,8-11H2,1-3H3. The second-order valence-corrected chi connectivity index (χ2v) is 7.35. The van der Waals surface area contributed by atoms with Crippen molar-refractivity contribution in [3.8, 4) is 0 Å². The van der Waals surface area contributed by atoms with E-state index in [1.165, 1.54) is 5.56 Å². The first kappa shape index (κ1) is 15.4. The van der Waals surface area contributed by atoms with Gasteiger partial charge in [-0.05, 0) is 43.4 Å². The molecule has 2 atom stereocenters. The van der Waals surface area contributed by atoms with E-state index in [0.717, 1.165) is 43.0 Å². The van der Waals surface area contributed by atoms with Gasteiger partial charge in [-0.3, -0.25) is 4.79 Å². The lowest BCUT2D eigenvalue weighted by atomic mass is 10.0. The molecule has 0 aliphatic carbocycles. The van der Waals surface area contributed by atoms with Crippen molar-refractivity contribution < 1.29 is 4.79 Å². The summed E-state index contributed by atoms with van der Waals surface area (Å²) >= 11 is 0. The second kappa shape index (κ2) is 5.72. The van der Waals surface area contributed by atoms with Gasteiger partial charge in [0.1, 0.15) is 11.6 Å². The van der Waals surface area contributed by atoms with Crippen LogP contribution in [0.5, 0.6) is 0 Å². The third-order valence-electron chi connectivity index (χ3n) is 5.50. The maximum absolute atomic E-state index is 13.1. The van der Waals surface area contributed by atoms with E-state index in [0.29, 0.717) is 5.92 Å². The van der Waals surface area contributed by atoms with Crippen LogP contribution in [0.2, 0.25) is 0 Å². The number of rotatable bonds is 2. The molecule has 3 heterocycles. The van der Waals surface area contributed by atoms with Crippen LogP contribution in [0.3, 0.4) is 0 Å². The Labute approximate surface area is 142 Å². The molecule has 1 aromatic heterocycles. The van der Waals surface area contributed by atoms with Gasteiger partial charge in [0.05, 0.1) is 6.04 Å². The summed E-state index contributed by atoms with van der Waals surface area (Å²) in [7, 11) is 0. The van der Waals surface area contributed by atoms with Gasteiger partial charge in [0, 0.05) is 24.6 Å². The number of carbonyl (C=O) groups excluding carboxylic acids is 1. The van der Waals surface area contributed by atoms with E-state index in [-0.39, 0.29) is 18.0 Å². The molecule has 5 nitrogen and oxygen atoms in total. The fourth-order valence-electron chi connectivity index (χ4n) is 4.07. The molecule has 2 aliphatic heterocycles. The van der Waals surface area contributed by atoms with Gasteiger partial charge >= 0.3 is 0 Å². The minimum Gasteiger partial charge on any atom is -0.330 e. The molecule has 1 saturated heterocycles. The Morgan fingerprint density at radius 3 is 2.54 bits per heavy atom. The zero-order chi connectivity index (χ0) is 16.8. The number of nitrogens with zero attached hydrogens (tertiary/aromatic N) is 4. The summed E-state index contributed by atoms with van der Waals surface area (Å²) in [5.41, 5.74) is 2.07. The van der Waals surface area contributed by atoms with Crippen molar-refractivity contribution in [1.29, 1.82) is 0 Å². The lowest BCUT2D eigenvalue weighted by molar-refractivity contribution is 0.0665. The number of fused-ring (bicyclic) bond motifs is 3. The van der Waals surface area contributed by atoms with Gasteiger partial charge in [-0.2, -0.15) is 0 Å². The summed E-state index contributed by atoms with van der Waals surface area (Å²) in [6, 6.07) is 8.62. The van der Waals surface area contributed by atoms with E-state index >= 15 is 0 Å². The molecule has 2 aliphatic rings. The molecule has 0 saturated carbocycles. The molecule has 126 valence electrons.